The summed E-state index contributed by atoms with van der Waals surface area (Å²) in [7, 11) is 0. The fourth-order valence-electron chi connectivity index (χ4n) is 2.50. The van der Waals surface area contributed by atoms with Gasteiger partial charge in [-0.3, -0.25) is 9.78 Å². The molecule has 1 saturated heterocycles. The molecule has 3 rings (SSSR count). The second-order valence-electron chi connectivity index (χ2n) is 5.15. The normalized spacial score (nSPS) is 14.2. The van der Waals surface area contributed by atoms with E-state index in [2.05, 4.69) is 15.2 Å². The molecule has 2 aromatic rings. The van der Waals surface area contributed by atoms with Gasteiger partial charge in [-0.2, -0.15) is 0 Å². The average Bonchev–Trinajstić information content (AvgIpc) is 3.06. The molecular formula is C16H15Cl2N3O. The Morgan fingerprint density at radius 3 is 2.73 bits per heavy atom. The molecule has 1 aliphatic rings. The van der Waals surface area contributed by atoms with Gasteiger partial charge in [-0.25, -0.2) is 0 Å². The summed E-state index contributed by atoms with van der Waals surface area (Å²) in [5, 5.41) is 3.48. The van der Waals surface area contributed by atoms with Crippen molar-refractivity contribution in [3.8, 4) is 0 Å². The third kappa shape index (κ3) is 3.18. The Morgan fingerprint density at radius 1 is 1.18 bits per heavy atom. The number of benzene rings is 1. The van der Waals surface area contributed by atoms with E-state index in [-0.39, 0.29) is 5.91 Å². The molecule has 0 spiro atoms. The molecule has 0 radical (unpaired) electrons. The highest BCUT2D eigenvalue weighted by Crippen LogP contribution is 2.30. The minimum Gasteiger partial charge on any atom is -0.371 e. The van der Waals surface area contributed by atoms with Gasteiger partial charge in [-0.05, 0) is 37.1 Å². The second kappa shape index (κ2) is 6.55. The number of amides is 1. The van der Waals surface area contributed by atoms with Gasteiger partial charge in [-0.1, -0.05) is 29.3 Å². The third-order valence-electron chi connectivity index (χ3n) is 3.65. The van der Waals surface area contributed by atoms with Gasteiger partial charge in [0.25, 0.3) is 5.91 Å². The highest BCUT2D eigenvalue weighted by molar-refractivity contribution is 6.44. The summed E-state index contributed by atoms with van der Waals surface area (Å²) in [4.78, 5) is 18.7. The first kappa shape index (κ1) is 15.1. The smallest absolute Gasteiger partial charge is 0.274 e. The van der Waals surface area contributed by atoms with E-state index in [9.17, 15) is 4.79 Å². The Bertz CT molecular complexity index is 700. The van der Waals surface area contributed by atoms with E-state index in [0.717, 1.165) is 18.8 Å². The van der Waals surface area contributed by atoms with Crippen LogP contribution in [0.5, 0.6) is 0 Å². The first-order valence-corrected chi connectivity index (χ1v) is 7.87. The number of carbonyl (C=O) groups is 1. The minimum absolute atomic E-state index is 0.301. The zero-order chi connectivity index (χ0) is 15.5. The van der Waals surface area contributed by atoms with Crippen LogP contribution in [0.25, 0.3) is 0 Å². The summed E-state index contributed by atoms with van der Waals surface area (Å²) in [5.41, 5.74) is 1.86. The maximum Gasteiger partial charge on any atom is 0.274 e. The van der Waals surface area contributed by atoms with Crippen LogP contribution in [-0.2, 0) is 0 Å². The quantitative estimate of drug-likeness (QED) is 0.912. The fourth-order valence-corrected chi connectivity index (χ4v) is 2.85. The van der Waals surface area contributed by atoms with Crippen LogP contribution < -0.4 is 10.2 Å². The standard InChI is InChI=1S/C16H15Cl2N3O/c17-12-4-3-5-13(15(12)18)20-16(22)14-10-11(6-7-19-14)21-8-1-2-9-21/h3-7,10H,1-2,8-9H2,(H,20,22). The molecule has 0 bridgehead atoms. The third-order valence-corrected chi connectivity index (χ3v) is 4.47. The van der Waals surface area contributed by atoms with E-state index in [1.165, 1.54) is 12.8 Å². The molecular weight excluding hydrogens is 321 g/mol. The molecule has 0 aliphatic carbocycles. The SMILES string of the molecule is O=C(Nc1cccc(Cl)c1Cl)c1cc(N2CCCC2)ccn1. The van der Waals surface area contributed by atoms with E-state index in [1.54, 1.807) is 30.5 Å². The monoisotopic (exact) mass is 335 g/mol. The zero-order valence-electron chi connectivity index (χ0n) is 11.9. The molecule has 4 nitrogen and oxygen atoms in total. The van der Waals surface area contributed by atoms with Gasteiger partial charge in [-0.15, -0.1) is 0 Å². The molecule has 1 fully saturated rings. The number of hydrogen-bond donors (Lipinski definition) is 1. The summed E-state index contributed by atoms with van der Waals surface area (Å²) < 4.78 is 0. The second-order valence-corrected chi connectivity index (χ2v) is 5.93. The van der Waals surface area contributed by atoms with Crippen LogP contribution in [0.2, 0.25) is 10.0 Å². The van der Waals surface area contributed by atoms with Crippen molar-refractivity contribution in [1.82, 2.24) is 4.98 Å². The number of pyridine rings is 1. The van der Waals surface area contributed by atoms with Crippen LogP contribution in [0.4, 0.5) is 11.4 Å². The lowest BCUT2D eigenvalue weighted by molar-refractivity contribution is 0.102. The van der Waals surface area contributed by atoms with Gasteiger partial charge in [0.05, 0.1) is 15.7 Å². The number of halogens is 2. The Balaban J connectivity index is 1.80. The van der Waals surface area contributed by atoms with E-state index in [4.69, 9.17) is 23.2 Å². The predicted molar refractivity (Wildman–Crippen MR) is 90.1 cm³/mol. The molecule has 22 heavy (non-hydrogen) atoms. The molecule has 0 atom stereocenters. The molecule has 1 aliphatic heterocycles. The number of anilines is 2. The summed E-state index contributed by atoms with van der Waals surface area (Å²) in [5.74, 6) is -0.301. The number of rotatable bonds is 3. The number of hydrogen-bond acceptors (Lipinski definition) is 3. The lowest BCUT2D eigenvalue weighted by Gasteiger charge is -2.17. The molecule has 1 amide bonds. The predicted octanol–water partition coefficient (Wildman–Crippen LogP) is 4.24. The largest absolute Gasteiger partial charge is 0.371 e. The van der Waals surface area contributed by atoms with Crippen LogP contribution in [0.15, 0.2) is 36.5 Å². The van der Waals surface area contributed by atoms with Crippen molar-refractivity contribution in [3.05, 3.63) is 52.3 Å². The van der Waals surface area contributed by atoms with Gasteiger partial charge in [0.1, 0.15) is 5.69 Å². The summed E-state index contributed by atoms with van der Waals surface area (Å²) in [6.45, 7) is 2.04. The van der Waals surface area contributed by atoms with Crippen molar-refractivity contribution in [3.63, 3.8) is 0 Å². The maximum atomic E-state index is 12.4. The van der Waals surface area contributed by atoms with E-state index >= 15 is 0 Å². The topological polar surface area (TPSA) is 45.2 Å². The van der Waals surface area contributed by atoms with Gasteiger partial charge in [0.2, 0.25) is 0 Å². The lowest BCUT2D eigenvalue weighted by atomic mass is 10.2. The summed E-state index contributed by atoms with van der Waals surface area (Å²) in [6, 6.07) is 8.84. The van der Waals surface area contributed by atoms with Crippen molar-refractivity contribution in [1.29, 1.82) is 0 Å². The number of nitrogens with zero attached hydrogens (tertiary/aromatic N) is 2. The van der Waals surface area contributed by atoms with Gasteiger partial charge in [0, 0.05) is 25.0 Å². The van der Waals surface area contributed by atoms with Crippen LogP contribution in [0.3, 0.4) is 0 Å². The Morgan fingerprint density at radius 2 is 1.95 bits per heavy atom. The van der Waals surface area contributed by atoms with Crippen molar-refractivity contribution in [2.45, 2.75) is 12.8 Å². The first-order valence-electron chi connectivity index (χ1n) is 7.11. The maximum absolute atomic E-state index is 12.4. The molecule has 2 heterocycles. The van der Waals surface area contributed by atoms with Crippen molar-refractivity contribution >= 4 is 40.5 Å². The lowest BCUT2D eigenvalue weighted by Crippen LogP contribution is -2.19. The molecule has 1 aromatic carbocycles. The van der Waals surface area contributed by atoms with Crippen LogP contribution >= 0.6 is 23.2 Å². The number of carbonyl (C=O) groups excluding carboxylic acids is 1. The molecule has 0 unspecified atom stereocenters. The van der Waals surface area contributed by atoms with Crippen LogP contribution in [0.1, 0.15) is 23.3 Å². The molecule has 0 saturated carbocycles. The Labute approximate surface area is 139 Å². The minimum atomic E-state index is -0.301. The summed E-state index contributed by atoms with van der Waals surface area (Å²) in [6.07, 6.45) is 4.02. The van der Waals surface area contributed by atoms with Gasteiger partial charge >= 0.3 is 0 Å². The zero-order valence-corrected chi connectivity index (χ0v) is 13.4. The highest BCUT2D eigenvalue weighted by Gasteiger charge is 2.16. The summed E-state index contributed by atoms with van der Waals surface area (Å²) >= 11 is 12.0. The highest BCUT2D eigenvalue weighted by atomic mass is 35.5. The fraction of sp³-hybridized carbons (Fsp3) is 0.250. The van der Waals surface area contributed by atoms with E-state index in [0.29, 0.717) is 21.4 Å². The van der Waals surface area contributed by atoms with E-state index in [1.807, 2.05) is 6.07 Å². The Hall–Kier alpha value is -1.78. The van der Waals surface area contributed by atoms with E-state index < -0.39 is 0 Å². The first-order chi connectivity index (χ1) is 10.6. The van der Waals surface area contributed by atoms with Crippen LogP contribution in [0, 0.1) is 0 Å². The number of nitrogens with one attached hydrogen (secondary N) is 1. The molecule has 1 N–H and O–H groups in total. The van der Waals surface area contributed by atoms with Crippen molar-refractivity contribution < 1.29 is 4.79 Å². The average molecular weight is 336 g/mol. The Kier molecular flexibility index (Phi) is 4.50. The van der Waals surface area contributed by atoms with Crippen molar-refractivity contribution in [2.75, 3.05) is 23.3 Å². The van der Waals surface area contributed by atoms with Gasteiger partial charge in [0.15, 0.2) is 0 Å². The molecule has 114 valence electrons. The number of aromatic nitrogens is 1. The van der Waals surface area contributed by atoms with Crippen molar-refractivity contribution in [2.24, 2.45) is 0 Å². The van der Waals surface area contributed by atoms with Gasteiger partial charge < -0.3 is 10.2 Å². The van der Waals surface area contributed by atoms with Crippen LogP contribution in [-0.4, -0.2) is 24.0 Å². The molecule has 1 aromatic heterocycles. The molecule has 6 heteroatoms.